The molecular formula is C14H20N2O3S. The highest BCUT2D eigenvalue weighted by Gasteiger charge is 2.37. The highest BCUT2D eigenvalue weighted by Crippen LogP contribution is 2.21. The second-order valence-electron chi connectivity index (χ2n) is 4.64. The van der Waals surface area contributed by atoms with Crippen LogP contribution in [0.15, 0.2) is 30.3 Å². The Hall–Kier alpha value is -1.69. The van der Waals surface area contributed by atoms with E-state index >= 15 is 0 Å². The number of benzene rings is 1. The lowest BCUT2D eigenvalue weighted by Crippen LogP contribution is -2.53. The lowest BCUT2D eigenvalue weighted by atomic mass is 9.92. The van der Waals surface area contributed by atoms with E-state index in [0.29, 0.717) is 12.1 Å². The molecule has 2 N–H and O–H groups in total. The Bertz CT molecular complexity index is 467. The lowest BCUT2D eigenvalue weighted by Gasteiger charge is -2.29. The Kier molecular flexibility index (Phi) is 5.88. The SMILES string of the molecule is CSCCN(C)C(=O)NC(C)(C(=O)O)c1ccccc1. The van der Waals surface area contributed by atoms with Gasteiger partial charge in [-0.3, -0.25) is 0 Å². The first-order valence-corrected chi connectivity index (χ1v) is 7.62. The normalized spacial score (nSPS) is 13.3. The van der Waals surface area contributed by atoms with Crippen molar-refractivity contribution in [1.82, 2.24) is 10.2 Å². The van der Waals surface area contributed by atoms with Gasteiger partial charge in [-0.1, -0.05) is 30.3 Å². The largest absolute Gasteiger partial charge is 0.479 e. The number of rotatable bonds is 6. The summed E-state index contributed by atoms with van der Waals surface area (Å²) in [7, 11) is 1.65. The number of carbonyl (C=O) groups excluding carboxylic acids is 1. The summed E-state index contributed by atoms with van der Waals surface area (Å²) in [6.45, 7) is 2.06. The molecule has 0 saturated carbocycles. The molecule has 0 radical (unpaired) electrons. The number of thioether (sulfide) groups is 1. The van der Waals surface area contributed by atoms with E-state index < -0.39 is 17.5 Å². The van der Waals surface area contributed by atoms with E-state index in [9.17, 15) is 14.7 Å². The van der Waals surface area contributed by atoms with E-state index in [1.54, 1.807) is 49.1 Å². The average molecular weight is 296 g/mol. The molecule has 0 aliphatic heterocycles. The van der Waals surface area contributed by atoms with Crippen molar-refractivity contribution in [3.63, 3.8) is 0 Å². The molecule has 0 fully saturated rings. The van der Waals surface area contributed by atoms with Gasteiger partial charge in [-0.2, -0.15) is 11.8 Å². The molecule has 1 rings (SSSR count). The van der Waals surface area contributed by atoms with Crippen molar-refractivity contribution in [3.8, 4) is 0 Å². The average Bonchev–Trinajstić information content (AvgIpc) is 2.45. The number of hydrogen-bond donors (Lipinski definition) is 2. The highest BCUT2D eigenvalue weighted by atomic mass is 32.2. The molecule has 2 amide bonds. The Morgan fingerprint density at radius 1 is 1.35 bits per heavy atom. The molecule has 110 valence electrons. The molecule has 0 spiro atoms. The predicted octanol–water partition coefficient (Wildman–Crippen LogP) is 1.99. The van der Waals surface area contributed by atoms with Gasteiger partial charge in [-0.05, 0) is 18.7 Å². The van der Waals surface area contributed by atoms with Crippen LogP contribution in [0.1, 0.15) is 12.5 Å². The van der Waals surface area contributed by atoms with Gasteiger partial charge in [0.05, 0.1) is 0 Å². The van der Waals surface area contributed by atoms with Crippen LogP contribution in [0.25, 0.3) is 0 Å². The Labute approximate surface area is 123 Å². The number of carboxylic acid groups (broad SMARTS) is 1. The van der Waals surface area contributed by atoms with E-state index in [1.165, 1.54) is 11.8 Å². The van der Waals surface area contributed by atoms with E-state index in [-0.39, 0.29) is 0 Å². The molecule has 20 heavy (non-hydrogen) atoms. The first kappa shape index (κ1) is 16.4. The van der Waals surface area contributed by atoms with Gasteiger partial charge in [0, 0.05) is 19.3 Å². The lowest BCUT2D eigenvalue weighted by molar-refractivity contribution is -0.144. The number of aliphatic carboxylic acids is 1. The van der Waals surface area contributed by atoms with Gasteiger partial charge in [0.15, 0.2) is 5.54 Å². The fourth-order valence-electron chi connectivity index (χ4n) is 1.66. The molecular weight excluding hydrogens is 276 g/mol. The third-order valence-electron chi connectivity index (χ3n) is 3.11. The van der Waals surface area contributed by atoms with Gasteiger partial charge in [0.25, 0.3) is 0 Å². The summed E-state index contributed by atoms with van der Waals surface area (Å²) >= 11 is 1.63. The number of nitrogens with zero attached hydrogens (tertiary/aromatic N) is 1. The fourth-order valence-corrected chi connectivity index (χ4v) is 2.12. The number of carboxylic acids is 1. The molecule has 1 atom stereocenters. The number of carbonyl (C=O) groups is 2. The molecule has 5 nitrogen and oxygen atoms in total. The molecule has 0 aromatic heterocycles. The van der Waals surface area contributed by atoms with Gasteiger partial charge in [0.2, 0.25) is 0 Å². The van der Waals surface area contributed by atoms with E-state index in [2.05, 4.69) is 5.32 Å². The van der Waals surface area contributed by atoms with Crippen LogP contribution in [0.5, 0.6) is 0 Å². The minimum atomic E-state index is -1.44. The minimum Gasteiger partial charge on any atom is -0.479 e. The van der Waals surface area contributed by atoms with Gasteiger partial charge in [0.1, 0.15) is 0 Å². The Morgan fingerprint density at radius 3 is 2.45 bits per heavy atom. The summed E-state index contributed by atoms with van der Waals surface area (Å²) < 4.78 is 0. The van der Waals surface area contributed by atoms with Crippen LogP contribution in [0.4, 0.5) is 4.79 Å². The summed E-state index contributed by atoms with van der Waals surface area (Å²) in [5.41, 5.74) is -0.898. The van der Waals surface area contributed by atoms with Crippen LogP contribution in [0.3, 0.4) is 0 Å². The monoisotopic (exact) mass is 296 g/mol. The fraction of sp³-hybridized carbons (Fsp3) is 0.429. The van der Waals surface area contributed by atoms with Gasteiger partial charge < -0.3 is 15.3 Å². The van der Waals surface area contributed by atoms with Gasteiger partial charge in [-0.15, -0.1) is 0 Å². The molecule has 0 heterocycles. The van der Waals surface area contributed by atoms with Crippen molar-refractivity contribution in [2.75, 3.05) is 25.6 Å². The summed E-state index contributed by atoms with van der Waals surface area (Å²) in [6, 6.07) is 8.29. The summed E-state index contributed by atoms with van der Waals surface area (Å²) in [4.78, 5) is 25.1. The molecule has 1 aromatic rings. The van der Waals surface area contributed by atoms with Crippen molar-refractivity contribution in [3.05, 3.63) is 35.9 Å². The second kappa shape index (κ2) is 7.19. The van der Waals surface area contributed by atoms with Crippen molar-refractivity contribution >= 4 is 23.8 Å². The van der Waals surface area contributed by atoms with Crippen molar-refractivity contribution < 1.29 is 14.7 Å². The van der Waals surface area contributed by atoms with Crippen LogP contribution in [-0.2, 0) is 10.3 Å². The number of amides is 2. The maximum Gasteiger partial charge on any atom is 0.333 e. The summed E-state index contributed by atoms with van der Waals surface area (Å²) in [5, 5.41) is 12.1. The third kappa shape index (κ3) is 3.90. The molecule has 0 saturated heterocycles. The first-order chi connectivity index (χ1) is 9.41. The van der Waals surface area contributed by atoms with E-state index in [0.717, 1.165) is 5.75 Å². The smallest absolute Gasteiger partial charge is 0.333 e. The van der Waals surface area contributed by atoms with Crippen LogP contribution in [0.2, 0.25) is 0 Å². The molecule has 0 aliphatic rings. The van der Waals surface area contributed by atoms with E-state index in [4.69, 9.17) is 0 Å². The number of urea groups is 1. The highest BCUT2D eigenvalue weighted by molar-refractivity contribution is 7.98. The Balaban J connectivity index is 2.88. The maximum absolute atomic E-state index is 12.1. The molecule has 0 aliphatic carbocycles. The molecule has 1 aromatic carbocycles. The second-order valence-corrected chi connectivity index (χ2v) is 5.63. The topological polar surface area (TPSA) is 69.6 Å². The standard InChI is InChI=1S/C14H20N2O3S/c1-14(12(17)18,11-7-5-4-6-8-11)15-13(19)16(2)9-10-20-3/h4-8H,9-10H2,1-3H3,(H,15,19)(H,17,18). The first-order valence-electron chi connectivity index (χ1n) is 6.23. The predicted molar refractivity (Wildman–Crippen MR) is 81.0 cm³/mol. The van der Waals surface area contributed by atoms with Crippen LogP contribution in [-0.4, -0.2) is 47.6 Å². The van der Waals surface area contributed by atoms with Crippen LogP contribution >= 0.6 is 11.8 Å². The Morgan fingerprint density at radius 2 is 1.95 bits per heavy atom. The summed E-state index contributed by atoms with van der Waals surface area (Å²) in [5.74, 6) is -0.283. The van der Waals surface area contributed by atoms with Crippen molar-refractivity contribution in [1.29, 1.82) is 0 Å². The number of hydrogen-bond acceptors (Lipinski definition) is 3. The van der Waals surface area contributed by atoms with Gasteiger partial charge >= 0.3 is 12.0 Å². The molecule has 6 heteroatoms. The summed E-state index contributed by atoms with van der Waals surface area (Å²) in [6.07, 6.45) is 1.96. The molecule has 1 unspecified atom stereocenters. The van der Waals surface area contributed by atoms with Crippen molar-refractivity contribution in [2.24, 2.45) is 0 Å². The van der Waals surface area contributed by atoms with Gasteiger partial charge in [-0.25, -0.2) is 9.59 Å². The quantitative estimate of drug-likeness (QED) is 0.842. The number of nitrogens with one attached hydrogen (secondary N) is 1. The zero-order valence-electron chi connectivity index (χ0n) is 11.9. The minimum absolute atomic E-state index is 0.396. The van der Waals surface area contributed by atoms with Crippen molar-refractivity contribution in [2.45, 2.75) is 12.5 Å². The third-order valence-corrected chi connectivity index (χ3v) is 3.70. The van der Waals surface area contributed by atoms with E-state index in [1.807, 2.05) is 6.26 Å². The zero-order valence-corrected chi connectivity index (χ0v) is 12.7. The van der Waals surface area contributed by atoms with Crippen LogP contribution < -0.4 is 5.32 Å². The zero-order chi connectivity index (χ0) is 15.2. The molecule has 0 bridgehead atoms. The maximum atomic E-state index is 12.1. The van der Waals surface area contributed by atoms with Crippen LogP contribution in [0, 0.1) is 0 Å².